The van der Waals surface area contributed by atoms with E-state index in [-0.39, 0.29) is 6.61 Å². The lowest BCUT2D eigenvalue weighted by atomic mass is 10.0. The minimum absolute atomic E-state index is 0.236. The van der Waals surface area contributed by atoms with Crippen LogP contribution in [0.15, 0.2) is 47.0 Å². The molecule has 0 aliphatic rings. The van der Waals surface area contributed by atoms with Crippen molar-refractivity contribution >= 4 is 34.8 Å². The monoisotopic (exact) mass is 353 g/mol. The summed E-state index contributed by atoms with van der Waals surface area (Å²) in [6.45, 7) is -0.236. The third kappa shape index (κ3) is 2.73. The molecule has 0 unspecified atom stereocenters. The molecule has 0 saturated heterocycles. The van der Waals surface area contributed by atoms with Crippen molar-refractivity contribution in [2.45, 2.75) is 6.61 Å². The van der Waals surface area contributed by atoms with Crippen LogP contribution in [0.3, 0.4) is 0 Å². The molecule has 2 aromatic carbocycles. The first kappa shape index (κ1) is 15.4. The quantitative estimate of drug-likeness (QED) is 0.679. The standard InChI is InChI=1S/C16H10Cl3NO2/c17-10-6-4-9(5-7-10)16-12(8-21)15(20-22-16)11-2-1-3-13(18)14(11)19/h1-7,21H,8H2. The maximum atomic E-state index is 9.72. The Kier molecular flexibility index (Phi) is 4.41. The number of benzene rings is 2. The van der Waals surface area contributed by atoms with E-state index in [4.69, 9.17) is 39.3 Å². The van der Waals surface area contributed by atoms with Crippen LogP contribution in [0.2, 0.25) is 15.1 Å². The number of aliphatic hydroxyl groups excluding tert-OH is 1. The molecular weight excluding hydrogens is 345 g/mol. The Balaban J connectivity index is 2.15. The Bertz CT molecular complexity index is 813. The van der Waals surface area contributed by atoms with Crippen LogP contribution >= 0.6 is 34.8 Å². The zero-order chi connectivity index (χ0) is 15.7. The number of aliphatic hydroxyl groups is 1. The van der Waals surface area contributed by atoms with E-state index >= 15 is 0 Å². The Morgan fingerprint density at radius 2 is 1.73 bits per heavy atom. The molecule has 0 amide bonds. The minimum Gasteiger partial charge on any atom is -0.391 e. The lowest BCUT2D eigenvalue weighted by Crippen LogP contribution is -1.90. The van der Waals surface area contributed by atoms with Gasteiger partial charge in [-0.1, -0.05) is 52.1 Å². The molecule has 0 spiro atoms. The topological polar surface area (TPSA) is 46.3 Å². The van der Waals surface area contributed by atoms with E-state index in [0.717, 1.165) is 5.56 Å². The number of rotatable bonds is 3. The molecule has 1 heterocycles. The molecule has 0 radical (unpaired) electrons. The first-order valence-corrected chi connectivity index (χ1v) is 7.55. The SMILES string of the molecule is OCc1c(-c2cccc(Cl)c2Cl)noc1-c1ccc(Cl)cc1. The predicted molar refractivity (Wildman–Crippen MR) is 88.3 cm³/mol. The summed E-state index contributed by atoms with van der Waals surface area (Å²) in [5, 5.41) is 15.2. The number of aromatic nitrogens is 1. The van der Waals surface area contributed by atoms with E-state index < -0.39 is 0 Å². The van der Waals surface area contributed by atoms with E-state index in [2.05, 4.69) is 5.16 Å². The van der Waals surface area contributed by atoms with Crippen molar-refractivity contribution in [1.82, 2.24) is 5.16 Å². The van der Waals surface area contributed by atoms with Gasteiger partial charge in [-0.05, 0) is 30.3 Å². The number of hydrogen-bond acceptors (Lipinski definition) is 3. The molecule has 3 aromatic rings. The molecule has 3 rings (SSSR count). The molecule has 0 aliphatic carbocycles. The van der Waals surface area contributed by atoms with Gasteiger partial charge in [-0.2, -0.15) is 0 Å². The van der Waals surface area contributed by atoms with Crippen molar-refractivity contribution < 1.29 is 9.63 Å². The molecule has 1 N–H and O–H groups in total. The molecule has 1 aromatic heterocycles. The fourth-order valence-corrected chi connectivity index (χ4v) is 2.70. The smallest absolute Gasteiger partial charge is 0.173 e. The van der Waals surface area contributed by atoms with Crippen LogP contribution in [-0.2, 0) is 6.61 Å². The summed E-state index contributed by atoms with van der Waals surface area (Å²) >= 11 is 18.1. The summed E-state index contributed by atoms with van der Waals surface area (Å²) < 4.78 is 5.41. The van der Waals surface area contributed by atoms with Gasteiger partial charge in [0.1, 0.15) is 5.69 Å². The van der Waals surface area contributed by atoms with Gasteiger partial charge in [0.2, 0.25) is 0 Å². The van der Waals surface area contributed by atoms with Crippen LogP contribution in [0, 0.1) is 0 Å². The van der Waals surface area contributed by atoms with Crippen molar-refractivity contribution in [2.24, 2.45) is 0 Å². The number of halogens is 3. The lowest BCUT2D eigenvalue weighted by Gasteiger charge is -2.04. The second-order valence-electron chi connectivity index (χ2n) is 4.61. The van der Waals surface area contributed by atoms with Gasteiger partial charge in [0, 0.05) is 16.1 Å². The summed E-state index contributed by atoms with van der Waals surface area (Å²) in [6, 6.07) is 12.3. The van der Waals surface area contributed by atoms with Crippen LogP contribution in [0.1, 0.15) is 5.56 Å². The summed E-state index contributed by atoms with van der Waals surface area (Å²) in [4.78, 5) is 0. The lowest BCUT2D eigenvalue weighted by molar-refractivity contribution is 0.281. The zero-order valence-electron chi connectivity index (χ0n) is 11.2. The van der Waals surface area contributed by atoms with Crippen molar-refractivity contribution in [1.29, 1.82) is 0 Å². The Labute approximate surface area is 142 Å². The highest BCUT2D eigenvalue weighted by molar-refractivity contribution is 6.43. The summed E-state index contributed by atoms with van der Waals surface area (Å²) in [5.41, 5.74) is 2.40. The Morgan fingerprint density at radius 1 is 1.00 bits per heavy atom. The van der Waals surface area contributed by atoms with Crippen molar-refractivity contribution in [3.8, 4) is 22.6 Å². The maximum absolute atomic E-state index is 9.72. The van der Waals surface area contributed by atoms with Crippen molar-refractivity contribution in [3.05, 3.63) is 63.1 Å². The summed E-state index contributed by atoms with van der Waals surface area (Å²) in [5.74, 6) is 0.477. The molecule has 112 valence electrons. The van der Waals surface area contributed by atoms with Gasteiger partial charge >= 0.3 is 0 Å². The van der Waals surface area contributed by atoms with Crippen molar-refractivity contribution in [2.75, 3.05) is 0 Å². The van der Waals surface area contributed by atoms with E-state index in [0.29, 0.717) is 37.6 Å². The highest BCUT2D eigenvalue weighted by atomic mass is 35.5. The highest BCUT2D eigenvalue weighted by Gasteiger charge is 2.20. The first-order valence-electron chi connectivity index (χ1n) is 6.41. The molecule has 0 bridgehead atoms. The number of nitrogens with zero attached hydrogens (tertiary/aromatic N) is 1. The fourth-order valence-electron chi connectivity index (χ4n) is 2.18. The molecule has 0 fully saturated rings. The third-order valence-electron chi connectivity index (χ3n) is 3.26. The molecule has 6 heteroatoms. The summed E-state index contributed by atoms with van der Waals surface area (Å²) in [6.07, 6.45) is 0. The van der Waals surface area contributed by atoms with E-state index in [1.165, 1.54) is 0 Å². The Morgan fingerprint density at radius 3 is 2.41 bits per heavy atom. The number of hydrogen-bond donors (Lipinski definition) is 1. The maximum Gasteiger partial charge on any atom is 0.173 e. The van der Waals surface area contributed by atoms with Crippen LogP contribution in [-0.4, -0.2) is 10.3 Å². The van der Waals surface area contributed by atoms with Gasteiger partial charge in [-0.15, -0.1) is 0 Å². The predicted octanol–water partition coefficient (Wildman–Crippen LogP) is 5.46. The molecular formula is C16H10Cl3NO2. The van der Waals surface area contributed by atoms with Crippen LogP contribution < -0.4 is 0 Å². The zero-order valence-corrected chi connectivity index (χ0v) is 13.5. The molecule has 3 nitrogen and oxygen atoms in total. The van der Waals surface area contributed by atoms with Gasteiger partial charge in [0.05, 0.1) is 22.2 Å². The summed E-state index contributed by atoms with van der Waals surface area (Å²) in [7, 11) is 0. The molecule has 0 saturated carbocycles. The highest BCUT2D eigenvalue weighted by Crippen LogP contribution is 2.38. The van der Waals surface area contributed by atoms with E-state index in [1.54, 1.807) is 42.5 Å². The normalized spacial score (nSPS) is 10.9. The molecule has 22 heavy (non-hydrogen) atoms. The minimum atomic E-state index is -0.236. The average molecular weight is 355 g/mol. The van der Waals surface area contributed by atoms with Gasteiger partial charge < -0.3 is 9.63 Å². The van der Waals surface area contributed by atoms with Crippen LogP contribution in [0.25, 0.3) is 22.6 Å². The van der Waals surface area contributed by atoms with Gasteiger partial charge in [0.15, 0.2) is 5.76 Å². The van der Waals surface area contributed by atoms with Gasteiger partial charge in [0.25, 0.3) is 0 Å². The second-order valence-corrected chi connectivity index (χ2v) is 5.83. The first-order chi connectivity index (χ1) is 10.6. The Hall–Kier alpha value is -1.52. The van der Waals surface area contributed by atoms with Gasteiger partial charge in [-0.25, -0.2) is 0 Å². The second kappa shape index (κ2) is 6.31. The average Bonchev–Trinajstić information content (AvgIpc) is 2.94. The van der Waals surface area contributed by atoms with E-state index in [9.17, 15) is 5.11 Å². The van der Waals surface area contributed by atoms with Crippen molar-refractivity contribution in [3.63, 3.8) is 0 Å². The largest absolute Gasteiger partial charge is 0.391 e. The van der Waals surface area contributed by atoms with Crippen LogP contribution in [0.5, 0.6) is 0 Å². The fraction of sp³-hybridized carbons (Fsp3) is 0.0625. The molecule has 0 atom stereocenters. The van der Waals surface area contributed by atoms with E-state index in [1.807, 2.05) is 0 Å². The third-order valence-corrected chi connectivity index (χ3v) is 4.33. The van der Waals surface area contributed by atoms with Gasteiger partial charge in [-0.3, -0.25) is 0 Å². The van der Waals surface area contributed by atoms with Crippen LogP contribution in [0.4, 0.5) is 0 Å². The molecule has 0 aliphatic heterocycles.